The second kappa shape index (κ2) is 9.65. The highest BCUT2D eigenvalue weighted by atomic mass is 16.5. The number of carbonyl (C=O) groups excluding carboxylic acids is 1. The number of methoxy groups -OCH3 is 3. The van der Waals surface area contributed by atoms with Gasteiger partial charge in [0.15, 0.2) is 17.3 Å². The molecule has 8 nitrogen and oxygen atoms in total. The number of hydrogen-bond acceptors (Lipinski definition) is 7. The van der Waals surface area contributed by atoms with Gasteiger partial charge < -0.3 is 24.1 Å². The third-order valence-corrected chi connectivity index (χ3v) is 3.84. The van der Waals surface area contributed by atoms with Gasteiger partial charge in [-0.2, -0.15) is 4.98 Å². The first-order valence-corrected chi connectivity index (χ1v) is 8.48. The van der Waals surface area contributed by atoms with Crippen LogP contribution < -0.4 is 19.5 Å². The molecule has 0 aliphatic carbocycles. The number of carbonyl (C=O) groups is 1. The summed E-state index contributed by atoms with van der Waals surface area (Å²) in [7, 11) is 4.66. The molecular weight excluding hydrogens is 338 g/mol. The maximum atomic E-state index is 12.0. The van der Waals surface area contributed by atoms with Crippen molar-refractivity contribution in [2.24, 2.45) is 0 Å². The Balaban J connectivity index is 1.84. The van der Waals surface area contributed by atoms with E-state index in [4.69, 9.17) is 18.7 Å². The minimum atomic E-state index is -0.0472. The third-order valence-electron chi connectivity index (χ3n) is 3.84. The zero-order valence-corrected chi connectivity index (χ0v) is 15.6. The van der Waals surface area contributed by atoms with Gasteiger partial charge in [-0.1, -0.05) is 12.1 Å². The first-order valence-electron chi connectivity index (χ1n) is 8.48. The van der Waals surface area contributed by atoms with Crippen LogP contribution in [0.5, 0.6) is 17.2 Å². The van der Waals surface area contributed by atoms with E-state index in [1.165, 1.54) is 0 Å². The molecule has 0 aliphatic rings. The van der Waals surface area contributed by atoms with Crippen molar-refractivity contribution in [1.82, 2.24) is 15.5 Å². The molecule has 0 bridgehead atoms. The molecule has 142 valence electrons. The Kier molecular flexibility index (Phi) is 7.25. The normalized spacial score (nSPS) is 10.5. The van der Waals surface area contributed by atoms with E-state index in [2.05, 4.69) is 15.5 Å². The molecule has 8 heteroatoms. The van der Waals surface area contributed by atoms with Crippen LogP contribution in [0.2, 0.25) is 0 Å². The van der Waals surface area contributed by atoms with Gasteiger partial charge in [-0.05, 0) is 24.1 Å². The van der Waals surface area contributed by atoms with Gasteiger partial charge in [0, 0.05) is 25.8 Å². The van der Waals surface area contributed by atoms with Crippen LogP contribution in [0.3, 0.4) is 0 Å². The summed E-state index contributed by atoms with van der Waals surface area (Å²) in [4.78, 5) is 16.3. The maximum absolute atomic E-state index is 12.0. The quantitative estimate of drug-likeness (QED) is 0.692. The van der Waals surface area contributed by atoms with Crippen molar-refractivity contribution in [3.63, 3.8) is 0 Å². The molecule has 0 saturated carbocycles. The predicted octanol–water partition coefficient (Wildman–Crippen LogP) is 2.30. The van der Waals surface area contributed by atoms with Gasteiger partial charge in [0.1, 0.15) is 0 Å². The van der Waals surface area contributed by atoms with Crippen LogP contribution in [0.15, 0.2) is 16.7 Å². The Morgan fingerprint density at radius 1 is 1.15 bits per heavy atom. The molecule has 1 N–H and O–H groups in total. The van der Waals surface area contributed by atoms with Crippen LogP contribution >= 0.6 is 0 Å². The molecule has 2 rings (SSSR count). The summed E-state index contributed by atoms with van der Waals surface area (Å²) in [5, 5.41) is 6.72. The molecule has 0 atom stereocenters. The molecule has 0 spiro atoms. The average molecular weight is 363 g/mol. The highest BCUT2D eigenvalue weighted by Crippen LogP contribution is 2.38. The van der Waals surface area contributed by atoms with Crippen LogP contribution in [0.25, 0.3) is 0 Å². The third kappa shape index (κ3) is 5.11. The van der Waals surface area contributed by atoms with Crippen LogP contribution in [0.1, 0.15) is 37.0 Å². The zero-order chi connectivity index (χ0) is 18.9. The van der Waals surface area contributed by atoms with Gasteiger partial charge in [-0.15, -0.1) is 0 Å². The Labute approximate surface area is 152 Å². The molecule has 26 heavy (non-hydrogen) atoms. The molecule has 1 aromatic heterocycles. The van der Waals surface area contributed by atoms with Crippen molar-refractivity contribution in [2.45, 2.75) is 39.2 Å². The lowest BCUT2D eigenvalue weighted by molar-refractivity contribution is -0.121. The number of hydrogen-bond donors (Lipinski definition) is 1. The summed E-state index contributed by atoms with van der Waals surface area (Å²) >= 11 is 0. The van der Waals surface area contributed by atoms with E-state index in [1.54, 1.807) is 21.3 Å². The van der Waals surface area contributed by atoms with Crippen LogP contribution in [-0.4, -0.2) is 37.4 Å². The molecule has 0 unspecified atom stereocenters. The zero-order valence-electron chi connectivity index (χ0n) is 15.6. The van der Waals surface area contributed by atoms with E-state index in [9.17, 15) is 4.79 Å². The molecule has 0 aliphatic heterocycles. The van der Waals surface area contributed by atoms with Gasteiger partial charge in [0.2, 0.25) is 17.5 Å². The second-order valence-electron chi connectivity index (χ2n) is 5.62. The number of aryl methyl sites for hydroxylation is 2. The van der Waals surface area contributed by atoms with Crippen molar-refractivity contribution < 1.29 is 23.5 Å². The topological polar surface area (TPSA) is 95.7 Å². The summed E-state index contributed by atoms with van der Waals surface area (Å²) in [6.45, 7) is 2.33. The van der Waals surface area contributed by atoms with Crippen LogP contribution in [0.4, 0.5) is 0 Å². The van der Waals surface area contributed by atoms with E-state index in [-0.39, 0.29) is 5.91 Å². The first-order chi connectivity index (χ1) is 12.6. The second-order valence-corrected chi connectivity index (χ2v) is 5.62. The number of rotatable bonds is 10. The average Bonchev–Trinajstić information content (AvgIpc) is 3.13. The number of nitrogens with one attached hydrogen (secondary N) is 1. The summed E-state index contributed by atoms with van der Waals surface area (Å²) in [5.41, 5.74) is 0.859. The van der Waals surface area contributed by atoms with Crippen molar-refractivity contribution in [3.05, 3.63) is 29.4 Å². The number of ether oxygens (including phenoxy) is 3. The molecule has 1 amide bonds. The monoisotopic (exact) mass is 363 g/mol. The maximum Gasteiger partial charge on any atom is 0.226 e. The van der Waals surface area contributed by atoms with Gasteiger partial charge in [-0.3, -0.25) is 4.79 Å². The summed E-state index contributed by atoms with van der Waals surface area (Å²) in [6, 6.07) is 3.62. The largest absolute Gasteiger partial charge is 0.493 e. The van der Waals surface area contributed by atoms with E-state index in [0.29, 0.717) is 54.8 Å². The van der Waals surface area contributed by atoms with Crippen molar-refractivity contribution in [3.8, 4) is 17.2 Å². The molecule has 0 fully saturated rings. The molecule has 2 aromatic rings. The number of nitrogens with zero attached hydrogens (tertiary/aromatic N) is 2. The molecule has 0 radical (unpaired) electrons. The van der Waals surface area contributed by atoms with E-state index in [0.717, 1.165) is 12.0 Å². The van der Waals surface area contributed by atoms with E-state index < -0.39 is 0 Å². The molecular formula is C18H25N3O5. The lowest BCUT2D eigenvalue weighted by Crippen LogP contribution is -2.22. The molecule has 1 aromatic carbocycles. The highest BCUT2D eigenvalue weighted by Gasteiger charge is 2.13. The Hall–Kier alpha value is -2.77. The lowest BCUT2D eigenvalue weighted by Gasteiger charge is -2.14. The fourth-order valence-corrected chi connectivity index (χ4v) is 2.46. The van der Waals surface area contributed by atoms with Crippen LogP contribution in [0, 0.1) is 0 Å². The van der Waals surface area contributed by atoms with Gasteiger partial charge in [0.05, 0.1) is 21.3 Å². The fraction of sp³-hybridized carbons (Fsp3) is 0.500. The SMILES string of the molecule is CCc1noc(CCCC(=O)NCc2cc(OC)c(OC)c(OC)c2)n1. The Bertz CT molecular complexity index is 704. The van der Waals surface area contributed by atoms with Gasteiger partial charge in [0.25, 0.3) is 0 Å². The number of amides is 1. The van der Waals surface area contributed by atoms with Crippen molar-refractivity contribution >= 4 is 5.91 Å². The smallest absolute Gasteiger partial charge is 0.226 e. The van der Waals surface area contributed by atoms with Crippen LogP contribution in [-0.2, 0) is 24.2 Å². The van der Waals surface area contributed by atoms with Gasteiger partial charge in [-0.25, -0.2) is 0 Å². The van der Waals surface area contributed by atoms with Gasteiger partial charge >= 0.3 is 0 Å². The summed E-state index contributed by atoms with van der Waals surface area (Å²) in [5.74, 6) is 2.84. The minimum absolute atomic E-state index is 0.0472. The Morgan fingerprint density at radius 2 is 1.85 bits per heavy atom. The predicted molar refractivity (Wildman–Crippen MR) is 94.6 cm³/mol. The molecule has 0 saturated heterocycles. The minimum Gasteiger partial charge on any atom is -0.493 e. The Morgan fingerprint density at radius 3 is 2.38 bits per heavy atom. The summed E-state index contributed by atoms with van der Waals surface area (Å²) < 4.78 is 21.0. The highest BCUT2D eigenvalue weighted by molar-refractivity contribution is 5.75. The van der Waals surface area contributed by atoms with E-state index in [1.807, 2.05) is 19.1 Å². The standard InChI is InChI=1S/C18H25N3O5/c1-5-15-20-17(26-21-15)8-6-7-16(22)19-11-12-9-13(23-2)18(25-4)14(10-12)24-3/h9-10H,5-8,11H2,1-4H3,(H,19,22). The molecule has 1 heterocycles. The number of benzene rings is 1. The fourth-order valence-electron chi connectivity index (χ4n) is 2.46. The van der Waals surface area contributed by atoms with E-state index >= 15 is 0 Å². The van der Waals surface area contributed by atoms with Crippen molar-refractivity contribution in [1.29, 1.82) is 0 Å². The number of aromatic nitrogens is 2. The first kappa shape index (κ1) is 19.6. The lowest BCUT2D eigenvalue weighted by atomic mass is 10.1. The van der Waals surface area contributed by atoms with Crippen molar-refractivity contribution in [2.75, 3.05) is 21.3 Å². The summed E-state index contributed by atoms with van der Waals surface area (Å²) in [6.07, 6.45) is 2.35.